The number of ether oxygens (including phenoxy) is 1. The molecular formula is C17H21N3O5S. The molecule has 0 heterocycles. The van der Waals surface area contributed by atoms with E-state index in [-0.39, 0.29) is 17.2 Å². The number of nitrogens with zero attached hydrogens (tertiary/aromatic N) is 2. The van der Waals surface area contributed by atoms with Crippen LogP contribution in [0.4, 0.5) is 5.69 Å². The van der Waals surface area contributed by atoms with Crippen molar-refractivity contribution in [2.75, 3.05) is 6.26 Å². The van der Waals surface area contributed by atoms with Crippen LogP contribution < -0.4 is 5.32 Å². The SMILES string of the molecule is CSc1ccc(C(=O)O[C@@H](C)C(=O)N[C@@](C)(C#N)C(C)C)cc1[N+](=O)[O-]. The molecule has 0 radical (unpaired) electrons. The molecule has 9 heteroatoms. The van der Waals surface area contributed by atoms with Crippen LogP contribution in [0.5, 0.6) is 0 Å². The van der Waals surface area contributed by atoms with Crippen molar-refractivity contribution in [1.29, 1.82) is 5.26 Å². The zero-order chi connectivity index (χ0) is 20.1. The summed E-state index contributed by atoms with van der Waals surface area (Å²) in [6, 6.07) is 6.01. The van der Waals surface area contributed by atoms with Gasteiger partial charge in [0.2, 0.25) is 0 Å². The lowest BCUT2D eigenvalue weighted by molar-refractivity contribution is -0.387. The predicted molar refractivity (Wildman–Crippen MR) is 96.8 cm³/mol. The molecule has 0 aliphatic rings. The number of hydrogen-bond donors (Lipinski definition) is 1. The number of amides is 1. The Morgan fingerprint density at radius 1 is 1.38 bits per heavy atom. The van der Waals surface area contributed by atoms with E-state index in [2.05, 4.69) is 5.32 Å². The van der Waals surface area contributed by atoms with Gasteiger partial charge in [0.1, 0.15) is 5.54 Å². The molecule has 1 rings (SSSR count). The van der Waals surface area contributed by atoms with E-state index in [9.17, 15) is 25.0 Å². The number of carbonyl (C=O) groups excluding carboxylic acids is 2. The third-order valence-corrected chi connectivity index (χ3v) is 4.82. The molecule has 0 aromatic heterocycles. The first-order chi connectivity index (χ1) is 12.1. The maximum atomic E-state index is 12.2. The van der Waals surface area contributed by atoms with Crippen LogP contribution in [-0.2, 0) is 9.53 Å². The molecule has 0 spiro atoms. The summed E-state index contributed by atoms with van der Waals surface area (Å²) in [6.07, 6.45) is 0.529. The van der Waals surface area contributed by atoms with Crippen molar-refractivity contribution in [3.63, 3.8) is 0 Å². The minimum Gasteiger partial charge on any atom is -0.449 e. The van der Waals surface area contributed by atoms with Crippen LogP contribution in [0.3, 0.4) is 0 Å². The summed E-state index contributed by atoms with van der Waals surface area (Å²) in [5.74, 6) is -1.63. The molecule has 1 aromatic rings. The summed E-state index contributed by atoms with van der Waals surface area (Å²) in [4.78, 5) is 35.3. The molecular weight excluding hydrogens is 358 g/mol. The quantitative estimate of drug-likeness (QED) is 0.334. The fraction of sp³-hybridized carbons (Fsp3) is 0.471. The lowest BCUT2D eigenvalue weighted by atomic mass is 9.90. The topological polar surface area (TPSA) is 122 Å². The van der Waals surface area contributed by atoms with Crippen molar-refractivity contribution in [3.8, 4) is 6.07 Å². The van der Waals surface area contributed by atoms with Gasteiger partial charge in [0.25, 0.3) is 11.6 Å². The molecule has 0 bridgehead atoms. The maximum absolute atomic E-state index is 12.2. The number of carbonyl (C=O) groups is 2. The van der Waals surface area contributed by atoms with Crippen LogP contribution in [0.15, 0.2) is 23.1 Å². The monoisotopic (exact) mass is 379 g/mol. The summed E-state index contributed by atoms with van der Waals surface area (Å²) >= 11 is 1.19. The molecule has 0 saturated carbocycles. The van der Waals surface area contributed by atoms with Crippen LogP contribution in [0.25, 0.3) is 0 Å². The number of nitriles is 1. The average molecular weight is 379 g/mol. The third-order valence-electron chi connectivity index (χ3n) is 4.03. The largest absolute Gasteiger partial charge is 0.449 e. The Kier molecular flexibility index (Phi) is 7.15. The van der Waals surface area contributed by atoms with Gasteiger partial charge in [0.15, 0.2) is 6.10 Å². The van der Waals surface area contributed by atoms with Gasteiger partial charge in [-0.3, -0.25) is 14.9 Å². The van der Waals surface area contributed by atoms with Gasteiger partial charge in [0, 0.05) is 6.07 Å². The lowest BCUT2D eigenvalue weighted by Crippen LogP contribution is -2.52. The van der Waals surface area contributed by atoms with Gasteiger partial charge in [-0.25, -0.2) is 4.79 Å². The standard InChI is InChI=1S/C17H21N3O5S/c1-10(2)17(4,9-18)19-15(21)11(3)25-16(22)12-6-7-14(26-5)13(8-12)20(23)24/h6-8,10-11H,1-5H3,(H,19,21)/t11-,17-/m0/s1. The molecule has 0 aliphatic carbocycles. The summed E-state index contributed by atoms with van der Waals surface area (Å²) in [5, 5.41) is 22.9. The number of rotatable bonds is 7. The highest BCUT2D eigenvalue weighted by Gasteiger charge is 2.32. The fourth-order valence-corrected chi connectivity index (χ4v) is 2.45. The van der Waals surface area contributed by atoms with Gasteiger partial charge >= 0.3 is 5.97 Å². The minimum atomic E-state index is -1.16. The van der Waals surface area contributed by atoms with Crippen LogP contribution in [0.2, 0.25) is 0 Å². The molecule has 0 aliphatic heterocycles. The molecule has 2 atom stereocenters. The fourth-order valence-electron chi connectivity index (χ4n) is 1.90. The zero-order valence-electron chi connectivity index (χ0n) is 15.2. The van der Waals surface area contributed by atoms with Gasteiger partial charge in [-0.15, -0.1) is 11.8 Å². The van der Waals surface area contributed by atoms with E-state index in [1.165, 1.54) is 30.8 Å². The number of thioether (sulfide) groups is 1. The molecule has 1 aromatic carbocycles. The number of nitrogens with one attached hydrogen (secondary N) is 1. The smallest absolute Gasteiger partial charge is 0.339 e. The van der Waals surface area contributed by atoms with Crippen molar-refractivity contribution >= 4 is 29.3 Å². The highest BCUT2D eigenvalue weighted by atomic mass is 32.2. The van der Waals surface area contributed by atoms with E-state index >= 15 is 0 Å². The number of nitro groups is 1. The van der Waals surface area contributed by atoms with Crippen molar-refractivity contribution in [2.45, 2.75) is 44.2 Å². The predicted octanol–water partition coefficient (Wildman–Crippen LogP) is 2.92. The van der Waals surface area contributed by atoms with Gasteiger partial charge in [-0.2, -0.15) is 5.26 Å². The van der Waals surface area contributed by atoms with E-state index < -0.39 is 28.4 Å². The van der Waals surface area contributed by atoms with Crippen LogP contribution in [0, 0.1) is 27.4 Å². The minimum absolute atomic E-state index is 0.0268. The zero-order valence-corrected chi connectivity index (χ0v) is 16.0. The molecule has 0 unspecified atom stereocenters. The second-order valence-corrected chi connectivity index (χ2v) is 7.00. The summed E-state index contributed by atoms with van der Waals surface area (Å²) in [6.45, 7) is 6.52. The molecule has 140 valence electrons. The summed E-state index contributed by atoms with van der Waals surface area (Å²) in [5.41, 5.74) is -1.33. The Balaban J connectivity index is 2.91. The second kappa shape index (κ2) is 8.67. The van der Waals surface area contributed by atoms with Crippen LogP contribution in [0.1, 0.15) is 38.1 Å². The number of esters is 1. The number of benzene rings is 1. The molecule has 26 heavy (non-hydrogen) atoms. The van der Waals surface area contributed by atoms with Crippen molar-refractivity contribution in [3.05, 3.63) is 33.9 Å². The van der Waals surface area contributed by atoms with Crippen molar-refractivity contribution in [1.82, 2.24) is 5.32 Å². The van der Waals surface area contributed by atoms with E-state index in [1.54, 1.807) is 27.0 Å². The number of hydrogen-bond acceptors (Lipinski definition) is 7. The highest BCUT2D eigenvalue weighted by Crippen LogP contribution is 2.28. The molecule has 8 nitrogen and oxygen atoms in total. The first-order valence-corrected chi connectivity index (χ1v) is 9.04. The molecule has 1 N–H and O–H groups in total. The van der Waals surface area contributed by atoms with E-state index in [0.29, 0.717) is 4.90 Å². The Hall–Kier alpha value is -2.60. The Morgan fingerprint density at radius 2 is 2.00 bits per heavy atom. The molecule has 1 amide bonds. The van der Waals surface area contributed by atoms with E-state index in [0.717, 1.165) is 6.07 Å². The van der Waals surface area contributed by atoms with Gasteiger partial charge in [0.05, 0.1) is 21.5 Å². The van der Waals surface area contributed by atoms with Gasteiger partial charge in [-0.05, 0) is 38.2 Å². The first-order valence-electron chi connectivity index (χ1n) is 7.82. The van der Waals surface area contributed by atoms with Gasteiger partial charge < -0.3 is 10.1 Å². The Labute approximate surface area is 156 Å². The Morgan fingerprint density at radius 3 is 2.46 bits per heavy atom. The third kappa shape index (κ3) is 4.95. The Bertz CT molecular complexity index is 759. The van der Waals surface area contributed by atoms with Crippen molar-refractivity contribution in [2.24, 2.45) is 5.92 Å². The normalized spacial score (nSPS) is 14.0. The van der Waals surface area contributed by atoms with Crippen LogP contribution in [-0.4, -0.2) is 34.7 Å². The number of nitro benzene ring substituents is 1. The average Bonchev–Trinajstić information content (AvgIpc) is 2.60. The highest BCUT2D eigenvalue weighted by molar-refractivity contribution is 7.98. The van der Waals surface area contributed by atoms with Crippen LogP contribution >= 0.6 is 11.8 Å². The van der Waals surface area contributed by atoms with E-state index in [4.69, 9.17) is 4.74 Å². The van der Waals surface area contributed by atoms with Gasteiger partial charge in [-0.1, -0.05) is 13.8 Å². The summed E-state index contributed by atoms with van der Waals surface area (Å²) < 4.78 is 5.09. The van der Waals surface area contributed by atoms with E-state index in [1.807, 2.05) is 6.07 Å². The maximum Gasteiger partial charge on any atom is 0.339 e. The van der Waals surface area contributed by atoms with Crippen molar-refractivity contribution < 1.29 is 19.2 Å². The first kappa shape index (κ1) is 21.4. The lowest BCUT2D eigenvalue weighted by Gasteiger charge is -2.28. The molecule has 0 fully saturated rings. The molecule has 0 saturated heterocycles. The second-order valence-electron chi connectivity index (χ2n) is 6.15. The summed E-state index contributed by atoms with van der Waals surface area (Å²) in [7, 11) is 0.